The quantitative estimate of drug-likeness (QED) is 0.805. The van der Waals surface area contributed by atoms with Gasteiger partial charge in [-0.1, -0.05) is 23.2 Å². The molecule has 3 fully saturated rings. The molecule has 1 aromatic rings. The van der Waals surface area contributed by atoms with Crippen LogP contribution in [0.15, 0.2) is 18.2 Å². The predicted octanol–water partition coefficient (Wildman–Crippen LogP) is 4.20. The number of benzene rings is 1. The van der Waals surface area contributed by atoms with Crippen molar-refractivity contribution >= 4 is 29.2 Å². The molecule has 0 spiro atoms. The molecule has 2 aliphatic carbocycles. The standard InChI is InChI=1S/C20H27Cl2N3O/c1-25(18-3-6-23-7-4-18)19(26)24-17-2-5-20(12-14(20)10-17)13-8-15(21)11-16(22)9-13/h8-9,11,14,17-18,23H,2-7,10,12H2,1H3,(H,24,26)/t14?,17-,20+/m1/s1. The highest BCUT2D eigenvalue weighted by atomic mass is 35.5. The fraction of sp³-hybridized carbons (Fsp3) is 0.650. The van der Waals surface area contributed by atoms with Crippen molar-refractivity contribution in [3.8, 4) is 0 Å². The molecule has 1 heterocycles. The van der Waals surface area contributed by atoms with Gasteiger partial charge in [0.2, 0.25) is 0 Å². The van der Waals surface area contributed by atoms with Crippen LogP contribution < -0.4 is 10.6 Å². The zero-order valence-electron chi connectivity index (χ0n) is 15.2. The van der Waals surface area contributed by atoms with Crippen molar-refractivity contribution in [1.29, 1.82) is 0 Å². The van der Waals surface area contributed by atoms with Crippen LogP contribution in [0.4, 0.5) is 4.79 Å². The monoisotopic (exact) mass is 395 g/mol. The van der Waals surface area contributed by atoms with Crippen molar-refractivity contribution < 1.29 is 4.79 Å². The zero-order chi connectivity index (χ0) is 18.3. The second kappa shape index (κ2) is 7.21. The van der Waals surface area contributed by atoms with Crippen molar-refractivity contribution in [2.75, 3.05) is 20.1 Å². The van der Waals surface area contributed by atoms with Gasteiger partial charge in [-0.3, -0.25) is 0 Å². The van der Waals surface area contributed by atoms with E-state index in [0.717, 1.165) is 45.2 Å². The predicted molar refractivity (Wildman–Crippen MR) is 106 cm³/mol. The number of rotatable bonds is 3. The van der Waals surface area contributed by atoms with Crippen LogP contribution >= 0.6 is 23.2 Å². The van der Waals surface area contributed by atoms with Crippen molar-refractivity contribution in [3.05, 3.63) is 33.8 Å². The summed E-state index contributed by atoms with van der Waals surface area (Å²) in [5.74, 6) is 0.625. The Hall–Kier alpha value is -0.970. The third-order valence-corrected chi connectivity index (χ3v) is 7.12. The van der Waals surface area contributed by atoms with E-state index in [1.807, 2.05) is 11.9 Å². The van der Waals surface area contributed by atoms with Crippen LogP contribution in [-0.4, -0.2) is 43.2 Å². The number of fused-ring (bicyclic) bond motifs is 1. The number of halogens is 2. The first-order valence-electron chi connectivity index (χ1n) is 9.68. The Morgan fingerprint density at radius 2 is 1.88 bits per heavy atom. The second-order valence-electron chi connectivity index (χ2n) is 8.23. The van der Waals surface area contributed by atoms with Gasteiger partial charge in [-0.25, -0.2) is 4.79 Å². The average molecular weight is 396 g/mol. The molecule has 4 nitrogen and oxygen atoms in total. The molecular formula is C20H27Cl2N3O. The molecule has 2 amide bonds. The molecule has 0 radical (unpaired) electrons. The van der Waals surface area contributed by atoms with E-state index in [9.17, 15) is 4.79 Å². The first-order chi connectivity index (χ1) is 12.5. The number of piperidine rings is 1. The molecule has 3 atom stereocenters. The van der Waals surface area contributed by atoms with E-state index in [0.29, 0.717) is 22.0 Å². The molecule has 1 unspecified atom stereocenters. The van der Waals surface area contributed by atoms with Crippen LogP contribution in [0.2, 0.25) is 10.0 Å². The highest BCUT2D eigenvalue weighted by Crippen LogP contribution is 2.62. The molecule has 2 N–H and O–H groups in total. The number of hydrogen-bond donors (Lipinski definition) is 2. The van der Waals surface area contributed by atoms with E-state index in [1.54, 1.807) is 6.07 Å². The van der Waals surface area contributed by atoms with Crippen molar-refractivity contribution in [2.45, 2.75) is 56.0 Å². The summed E-state index contributed by atoms with van der Waals surface area (Å²) in [4.78, 5) is 14.5. The molecule has 0 aromatic heterocycles. The van der Waals surface area contributed by atoms with Gasteiger partial charge in [0.05, 0.1) is 0 Å². The minimum atomic E-state index is 0.0841. The summed E-state index contributed by atoms with van der Waals surface area (Å²) in [5, 5.41) is 8.06. The van der Waals surface area contributed by atoms with Crippen LogP contribution in [0.25, 0.3) is 0 Å². The van der Waals surface area contributed by atoms with E-state index >= 15 is 0 Å². The number of carbonyl (C=O) groups excluding carboxylic acids is 1. The largest absolute Gasteiger partial charge is 0.335 e. The van der Waals surface area contributed by atoms with Crippen LogP contribution in [0.3, 0.4) is 0 Å². The van der Waals surface area contributed by atoms with Gasteiger partial charge < -0.3 is 15.5 Å². The topological polar surface area (TPSA) is 44.4 Å². The summed E-state index contributed by atoms with van der Waals surface area (Å²) < 4.78 is 0. The van der Waals surface area contributed by atoms with Gasteiger partial charge in [-0.05, 0) is 86.7 Å². The van der Waals surface area contributed by atoms with E-state index < -0.39 is 0 Å². The fourth-order valence-corrected chi connectivity index (χ4v) is 5.52. The average Bonchev–Trinajstić information content (AvgIpc) is 3.36. The Bertz CT molecular complexity index is 671. The second-order valence-corrected chi connectivity index (χ2v) is 9.10. The maximum atomic E-state index is 12.6. The maximum absolute atomic E-state index is 12.6. The number of urea groups is 1. The Morgan fingerprint density at radius 3 is 2.54 bits per heavy atom. The van der Waals surface area contributed by atoms with E-state index in [-0.39, 0.29) is 17.5 Å². The lowest BCUT2D eigenvalue weighted by Crippen LogP contribution is -2.51. The summed E-state index contributed by atoms with van der Waals surface area (Å²) in [7, 11) is 1.93. The molecule has 6 heteroatoms. The summed E-state index contributed by atoms with van der Waals surface area (Å²) in [5.41, 5.74) is 1.51. The Morgan fingerprint density at radius 1 is 1.19 bits per heavy atom. The van der Waals surface area contributed by atoms with Crippen LogP contribution in [0.5, 0.6) is 0 Å². The van der Waals surface area contributed by atoms with Gasteiger partial charge in [0, 0.05) is 29.2 Å². The van der Waals surface area contributed by atoms with Crippen molar-refractivity contribution in [1.82, 2.24) is 15.5 Å². The number of nitrogens with one attached hydrogen (secondary N) is 2. The minimum Gasteiger partial charge on any atom is -0.335 e. The Balaban J connectivity index is 1.34. The van der Waals surface area contributed by atoms with E-state index in [4.69, 9.17) is 23.2 Å². The van der Waals surface area contributed by atoms with E-state index in [2.05, 4.69) is 22.8 Å². The van der Waals surface area contributed by atoms with Crippen LogP contribution in [-0.2, 0) is 5.41 Å². The number of hydrogen-bond acceptors (Lipinski definition) is 2. The van der Waals surface area contributed by atoms with Gasteiger partial charge in [0.15, 0.2) is 0 Å². The number of nitrogens with zero attached hydrogens (tertiary/aromatic N) is 1. The number of carbonyl (C=O) groups is 1. The molecule has 142 valence electrons. The first kappa shape index (κ1) is 18.4. The Labute approximate surface area is 165 Å². The molecule has 1 aromatic carbocycles. The zero-order valence-corrected chi connectivity index (χ0v) is 16.7. The first-order valence-corrected chi connectivity index (χ1v) is 10.4. The summed E-state index contributed by atoms with van der Waals surface area (Å²) in [6.45, 7) is 2.00. The summed E-state index contributed by atoms with van der Waals surface area (Å²) >= 11 is 12.4. The van der Waals surface area contributed by atoms with Gasteiger partial charge in [-0.15, -0.1) is 0 Å². The van der Waals surface area contributed by atoms with Crippen LogP contribution in [0.1, 0.15) is 44.1 Å². The summed E-state index contributed by atoms with van der Waals surface area (Å²) in [6, 6.07) is 6.65. The highest BCUT2D eigenvalue weighted by molar-refractivity contribution is 6.34. The summed E-state index contributed by atoms with van der Waals surface area (Å²) in [6.07, 6.45) is 6.42. The third kappa shape index (κ3) is 3.56. The van der Waals surface area contributed by atoms with Gasteiger partial charge in [0.1, 0.15) is 0 Å². The van der Waals surface area contributed by atoms with Gasteiger partial charge in [-0.2, -0.15) is 0 Å². The lowest BCUT2D eigenvalue weighted by molar-refractivity contribution is 0.169. The van der Waals surface area contributed by atoms with Crippen molar-refractivity contribution in [3.63, 3.8) is 0 Å². The van der Waals surface area contributed by atoms with Crippen LogP contribution in [0, 0.1) is 5.92 Å². The molecule has 3 aliphatic rings. The molecule has 1 saturated heterocycles. The molecular weight excluding hydrogens is 369 g/mol. The van der Waals surface area contributed by atoms with Crippen molar-refractivity contribution in [2.24, 2.45) is 5.92 Å². The molecule has 26 heavy (non-hydrogen) atoms. The lowest BCUT2D eigenvalue weighted by atomic mass is 9.81. The molecule has 0 bridgehead atoms. The normalized spacial score (nSPS) is 31.2. The van der Waals surface area contributed by atoms with Gasteiger partial charge >= 0.3 is 6.03 Å². The molecule has 2 saturated carbocycles. The maximum Gasteiger partial charge on any atom is 0.317 e. The molecule has 1 aliphatic heterocycles. The lowest BCUT2D eigenvalue weighted by Gasteiger charge is -2.34. The Kier molecular flexibility index (Phi) is 5.10. The SMILES string of the molecule is CN(C(=O)N[C@@H]1CC[C@@]2(c3cc(Cl)cc(Cl)c3)CC2C1)C1CCNCC1. The smallest absolute Gasteiger partial charge is 0.317 e. The fourth-order valence-electron chi connectivity index (χ4n) is 5.00. The molecule has 4 rings (SSSR count). The van der Waals surface area contributed by atoms with Gasteiger partial charge in [0.25, 0.3) is 0 Å². The third-order valence-electron chi connectivity index (χ3n) is 6.68. The number of amides is 2. The van der Waals surface area contributed by atoms with E-state index in [1.165, 1.54) is 12.0 Å². The highest BCUT2D eigenvalue weighted by Gasteiger charge is 2.57. The minimum absolute atomic E-state index is 0.0841.